The summed E-state index contributed by atoms with van der Waals surface area (Å²) in [6.07, 6.45) is 0. The molecule has 5 N–H and O–H groups in total. The van der Waals surface area contributed by atoms with Crippen LogP contribution in [0.15, 0.2) is 15.9 Å². The molecule has 0 spiro atoms. The van der Waals surface area contributed by atoms with Crippen LogP contribution in [0, 0.1) is 0 Å². The molecule has 13 heteroatoms. The van der Waals surface area contributed by atoms with Crippen LogP contribution in [0.5, 0.6) is 17.2 Å². The molecule has 1 aromatic rings. The molecule has 19 heavy (non-hydrogen) atoms. The molecule has 9 nitrogen and oxygen atoms in total. The summed E-state index contributed by atoms with van der Waals surface area (Å²) in [5.74, 6) is -4.31. The summed E-state index contributed by atoms with van der Waals surface area (Å²) in [6, 6.07) is 0.217. The largest absolute Gasteiger partial charge is 1.00 e. The summed E-state index contributed by atoms with van der Waals surface area (Å²) in [6.45, 7) is 0. The van der Waals surface area contributed by atoms with Crippen molar-refractivity contribution < 1.29 is 103 Å². The molecule has 0 fully saturated rings. The summed E-state index contributed by atoms with van der Waals surface area (Å²) < 4.78 is 60.2. The Balaban J connectivity index is -0.000000361. The maximum atomic E-state index is 10.8. The Kier molecular flexibility index (Phi) is 7.93. The van der Waals surface area contributed by atoms with Crippen LogP contribution in [0.25, 0.3) is 0 Å². The molecule has 0 atom stereocenters. The van der Waals surface area contributed by atoms with Crippen LogP contribution in [-0.4, -0.2) is 41.3 Å². The van der Waals surface area contributed by atoms with Gasteiger partial charge in [-0.3, -0.25) is 9.11 Å². The molecular formula is C6H8Na2O9S2. The number of aromatic hydroxyl groups is 3. The fraction of sp³-hybridized carbons (Fsp3) is 0. The van der Waals surface area contributed by atoms with Gasteiger partial charge in [0, 0.05) is 6.07 Å². The van der Waals surface area contributed by atoms with Crippen molar-refractivity contribution >= 4 is 20.2 Å². The van der Waals surface area contributed by atoms with Gasteiger partial charge in [0.25, 0.3) is 10.1 Å². The summed E-state index contributed by atoms with van der Waals surface area (Å²) >= 11 is 0. The number of phenolic OH excluding ortho intramolecular Hbond substituents is 3. The Morgan fingerprint density at radius 3 is 1.58 bits per heavy atom. The van der Waals surface area contributed by atoms with Crippen molar-refractivity contribution in [1.29, 1.82) is 0 Å². The van der Waals surface area contributed by atoms with Crippen molar-refractivity contribution in [3.8, 4) is 17.2 Å². The van der Waals surface area contributed by atoms with Gasteiger partial charge in [0.05, 0.1) is 0 Å². The van der Waals surface area contributed by atoms with E-state index in [1.807, 2.05) is 0 Å². The second-order valence-corrected chi connectivity index (χ2v) is 5.62. The first-order valence-electron chi connectivity index (χ1n) is 3.69. The van der Waals surface area contributed by atoms with E-state index in [0.29, 0.717) is 0 Å². The van der Waals surface area contributed by atoms with Crippen LogP contribution in [0.3, 0.4) is 0 Å². The molecule has 0 saturated heterocycles. The molecule has 0 bridgehead atoms. The third kappa shape index (κ3) is 4.74. The molecule has 0 aliphatic carbocycles. The van der Waals surface area contributed by atoms with Gasteiger partial charge in [0.15, 0.2) is 22.1 Å². The number of benzene rings is 1. The van der Waals surface area contributed by atoms with Gasteiger partial charge in [-0.25, -0.2) is 0 Å². The van der Waals surface area contributed by atoms with Crippen LogP contribution >= 0.6 is 0 Å². The summed E-state index contributed by atoms with van der Waals surface area (Å²) in [5, 5.41) is 27.3. The molecule has 100 valence electrons. The Hall–Kier alpha value is 0.440. The van der Waals surface area contributed by atoms with E-state index >= 15 is 0 Å². The quantitative estimate of drug-likeness (QED) is 0.153. The number of hydrogen-bond acceptors (Lipinski definition) is 7. The van der Waals surface area contributed by atoms with Gasteiger partial charge in [-0.15, -0.1) is 0 Å². The minimum atomic E-state index is -5.20. The van der Waals surface area contributed by atoms with Gasteiger partial charge >= 0.3 is 69.2 Å². The average Bonchev–Trinajstić information content (AvgIpc) is 2.07. The van der Waals surface area contributed by atoms with Crippen molar-refractivity contribution in [2.45, 2.75) is 9.79 Å². The molecular weight excluding hydrogens is 326 g/mol. The smallest absolute Gasteiger partial charge is 1.00 e. The molecule has 0 aromatic heterocycles. The van der Waals surface area contributed by atoms with Crippen molar-refractivity contribution in [3.05, 3.63) is 6.07 Å². The van der Waals surface area contributed by atoms with Crippen molar-refractivity contribution in [2.24, 2.45) is 0 Å². The monoisotopic (exact) mass is 334 g/mol. The van der Waals surface area contributed by atoms with E-state index < -0.39 is 47.3 Å². The minimum Gasteiger partial charge on any atom is -1.00 e. The summed E-state index contributed by atoms with van der Waals surface area (Å²) in [4.78, 5) is -2.99. The molecule has 1 rings (SSSR count). The van der Waals surface area contributed by atoms with E-state index in [1.54, 1.807) is 0 Å². The second-order valence-electron chi connectivity index (χ2n) is 2.87. The van der Waals surface area contributed by atoms with Gasteiger partial charge < -0.3 is 18.2 Å². The van der Waals surface area contributed by atoms with Crippen molar-refractivity contribution in [1.82, 2.24) is 0 Å². The van der Waals surface area contributed by atoms with Gasteiger partial charge in [-0.2, -0.15) is 16.8 Å². The van der Waals surface area contributed by atoms with E-state index in [2.05, 4.69) is 0 Å². The number of hydrogen-bond donors (Lipinski definition) is 5. The molecule has 0 saturated carbocycles. The van der Waals surface area contributed by atoms with Crippen LogP contribution in [0.2, 0.25) is 0 Å². The molecule has 0 radical (unpaired) electrons. The first-order valence-corrected chi connectivity index (χ1v) is 6.57. The topological polar surface area (TPSA) is 169 Å². The molecule has 0 unspecified atom stereocenters. The normalized spacial score (nSPS) is 11.3. The zero-order chi connectivity index (χ0) is 13.6. The van der Waals surface area contributed by atoms with Gasteiger partial charge in [0.1, 0.15) is 4.90 Å². The van der Waals surface area contributed by atoms with Crippen LogP contribution in [-0.2, 0) is 20.2 Å². The Morgan fingerprint density at radius 1 is 0.842 bits per heavy atom. The van der Waals surface area contributed by atoms with Crippen molar-refractivity contribution in [3.63, 3.8) is 0 Å². The summed E-state index contributed by atoms with van der Waals surface area (Å²) in [7, 11) is -10.3. The zero-order valence-electron chi connectivity index (χ0n) is 11.8. The van der Waals surface area contributed by atoms with Crippen LogP contribution in [0.4, 0.5) is 0 Å². The summed E-state index contributed by atoms with van der Waals surface area (Å²) in [5.41, 5.74) is 0. The van der Waals surface area contributed by atoms with Gasteiger partial charge in [0.2, 0.25) is 0 Å². The first-order chi connectivity index (χ1) is 7.46. The number of phenols is 3. The van der Waals surface area contributed by atoms with Gasteiger partial charge in [-0.1, -0.05) is 0 Å². The fourth-order valence-electron chi connectivity index (χ4n) is 1.04. The Labute approximate surface area is 155 Å². The van der Waals surface area contributed by atoms with Crippen LogP contribution < -0.4 is 59.1 Å². The molecule has 0 heterocycles. The SMILES string of the molecule is O=S(=O)(O)c1cc(O)c(O)c(S(=O)(=O)O)c1O.[H-].[H-].[Na+].[Na+]. The third-order valence-corrected chi connectivity index (χ3v) is 3.48. The molecule has 1 aromatic carbocycles. The van der Waals surface area contributed by atoms with E-state index in [0.717, 1.165) is 0 Å². The Morgan fingerprint density at radius 2 is 1.26 bits per heavy atom. The molecule has 0 amide bonds. The van der Waals surface area contributed by atoms with E-state index in [9.17, 15) is 21.9 Å². The first kappa shape index (κ1) is 21.7. The standard InChI is InChI=1S/C6H6O9S2.2Na.2H/c7-2-1-3(16(10,11)12)5(9)6(4(2)8)17(13,14)15;;;;/h1,7-9H,(H,10,11,12)(H,13,14,15);;;;/q;2*+1;2*-1. The average molecular weight is 334 g/mol. The van der Waals surface area contributed by atoms with Gasteiger partial charge in [-0.05, 0) is 0 Å². The number of rotatable bonds is 2. The minimum absolute atomic E-state index is 0. The zero-order valence-corrected chi connectivity index (χ0v) is 15.4. The Bertz CT molecular complexity index is 689. The predicted molar refractivity (Wildman–Crippen MR) is 53.3 cm³/mol. The van der Waals surface area contributed by atoms with E-state index in [4.69, 9.17) is 19.3 Å². The van der Waals surface area contributed by atoms with E-state index in [1.165, 1.54) is 0 Å². The third-order valence-electron chi connectivity index (χ3n) is 1.71. The predicted octanol–water partition coefficient (Wildman–Crippen LogP) is -6.47. The maximum absolute atomic E-state index is 10.8. The second kappa shape index (κ2) is 6.93. The fourth-order valence-corrected chi connectivity index (χ4v) is 2.42. The molecule has 0 aliphatic rings. The van der Waals surface area contributed by atoms with Crippen LogP contribution in [0.1, 0.15) is 2.85 Å². The maximum Gasteiger partial charge on any atom is 1.00 e. The van der Waals surface area contributed by atoms with Crippen molar-refractivity contribution in [2.75, 3.05) is 0 Å². The van der Waals surface area contributed by atoms with E-state index in [-0.39, 0.29) is 68.0 Å². The molecule has 0 aliphatic heterocycles.